The molecule has 0 atom stereocenters. The molecule has 84 valence electrons. The van der Waals surface area contributed by atoms with Gasteiger partial charge in [-0.15, -0.1) is 0 Å². The standard InChI is InChI=1S/C8H16.C6H7N/c1-2-4-6-8-7-5-3-1;1-2-4-6-7-5-3-1/h1-8H2;1-7H. The molecule has 2 rings (SSSR count). The Labute approximate surface area is 94.0 Å². The maximum Gasteiger partial charge on any atom is 0.000442 e. The molecule has 0 aromatic heterocycles. The lowest BCUT2D eigenvalue weighted by Gasteiger charge is -2.05. The maximum absolute atomic E-state index is 2.92. The first-order valence-electron chi connectivity index (χ1n) is 6.24. The van der Waals surface area contributed by atoms with Gasteiger partial charge >= 0.3 is 0 Å². The minimum Gasteiger partial charge on any atom is -0.368 e. The summed E-state index contributed by atoms with van der Waals surface area (Å²) in [5, 5.41) is 2.92. The summed E-state index contributed by atoms with van der Waals surface area (Å²) in [5.74, 6) is 0. The summed E-state index contributed by atoms with van der Waals surface area (Å²) >= 11 is 0. The topological polar surface area (TPSA) is 12.0 Å². The van der Waals surface area contributed by atoms with E-state index in [0.29, 0.717) is 0 Å². The Hall–Kier alpha value is -0.980. The average molecular weight is 205 g/mol. The summed E-state index contributed by atoms with van der Waals surface area (Å²) < 4.78 is 0. The Balaban J connectivity index is 0.000000151. The predicted octanol–water partition coefficient (Wildman–Crippen LogP) is 4.29. The molecular weight excluding hydrogens is 182 g/mol. The van der Waals surface area contributed by atoms with Crippen LogP contribution in [0.5, 0.6) is 0 Å². The zero-order chi connectivity index (χ0) is 10.6. The van der Waals surface area contributed by atoms with Crippen molar-refractivity contribution in [1.82, 2.24) is 5.32 Å². The largest absolute Gasteiger partial charge is 0.368 e. The van der Waals surface area contributed by atoms with Gasteiger partial charge in [0, 0.05) is 12.4 Å². The molecule has 1 fully saturated rings. The highest BCUT2D eigenvalue weighted by Gasteiger charge is 1.95. The second-order valence-electron chi connectivity index (χ2n) is 4.10. The highest BCUT2D eigenvalue weighted by molar-refractivity contribution is 5.14. The second kappa shape index (κ2) is 9.57. The van der Waals surface area contributed by atoms with E-state index in [1.165, 1.54) is 51.4 Å². The van der Waals surface area contributed by atoms with Crippen molar-refractivity contribution >= 4 is 0 Å². The summed E-state index contributed by atoms with van der Waals surface area (Å²) in [5.41, 5.74) is 0. The van der Waals surface area contributed by atoms with Crippen molar-refractivity contribution in [2.24, 2.45) is 0 Å². The van der Waals surface area contributed by atoms with E-state index in [9.17, 15) is 0 Å². The van der Waals surface area contributed by atoms with Crippen molar-refractivity contribution in [3.8, 4) is 0 Å². The normalized spacial score (nSPS) is 20.3. The quantitative estimate of drug-likeness (QED) is 0.622. The third-order valence-electron chi connectivity index (χ3n) is 2.72. The first-order chi connectivity index (χ1) is 7.50. The molecule has 0 aromatic carbocycles. The van der Waals surface area contributed by atoms with Crippen LogP contribution in [-0.4, -0.2) is 0 Å². The van der Waals surface area contributed by atoms with Crippen molar-refractivity contribution in [2.45, 2.75) is 51.4 Å². The monoisotopic (exact) mass is 205 g/mol. The number of nitrogens with one attached hydrogen (secondary N) is 1. The third kappa shape index (κ3) is 8.04. The maximum atomic E-state index is 2.92. The smallest absolute Gasteiger partial charge is 0.000442 e. The van der Waals surface area contributed by atoms with Crippen molar-refractivity contribution in [2.75, 3.05) is 0 Å². The van der Waals surface area contributed by atoms with Crippen LogP contribution in [0.3, 0.4) is 0 Å². The molecule has 0 unspecified atom stereocenters. The molecule has 0 spiro atoms. The van der Waals surface area contributed by atoms with Crippen molar-refractivity contribution in [1.29, 1.82) is 0 Å². The molecule has 0 amide bonds. The molecule has 1 saturated carbocycles. The summed E-state index contributed by atoms with van der Waals surface area (Å²) in [6.45, 7) is 0. The van der Waals surface area contributed by atoms with Crippen LogP contribution in [0.1, 0.15) is 51.4 Å². The zero-order valence-electron chi connectivity index (χ0n) is 9.62. The molecule has 2 aliphatic rings. The van der Waals surface area contributed by atoms with E-state index in [-0.39, 0.29) is 0 Å². The molecule has 0 bridgehead atoms. The van der Waals surface area contributed by atoms with E-state index < -0.39 is 0 Å². The van der Waals surface area contributed by atoms with Gasteiger partial charge in [-0.25, -0.2) is 0 Å². The van der Waals surface area contributed by atoms with Gasteiger partial charge in [-0.2, -0.15) is 0 Å². The molecule has 1 heterocycles. The lowest BCUT2D eigenvalue weighted by molar-refractivity contribution is 0.504. The number of hydrogen-bond acceptors (Lipinski definition) is 1. The summed E-state index contributed by atoms with van der Waals surface area (Å²) in [6, 6.07) is 0. The van der Waals surface area contributed by atoms with Gasteiger partial charge in [0.05, 0.1) is 0 Å². The van der Waals surface area contributed by atoms with E-state index in [2.05, 4.69) is 5.32 Å². The van der Waals surface area contributed by atoms with E-state index in [4.69, 9.17) is 0 Å². The van der Waals surface area contributed by atoms with Crippen LogP contribution in [0.25, 0.3) is 0 Å². The van der Waals surface area contributed by atoms with Gasteiger partial charge < -0.3 is 5.32 Å². The van der Waals surface area contributed by atoms with Crippen LogP contribution in [0.4, 0.5) is 0 Å². The van der Waals surface area contributed by atoms with Crippen LogP contribution in [-0.2, 0) is 0 Å². The van der Waals surface area contributed by atoms with E-state index >= 15 is 0 Å². The molecule has 0 radical (unpaired) electrons. The summed E-state index contributed by atoms with van der Waals surface area (Å²) in [4.78, 5) is 0. The van der Waals surface area contributed by atoms with Crippen LogP contribution >= 0.6 is 0 Å². The van der Waals surface area contributed by atoms with Crippen LogP contribution < -0.4 is 5.32 Å². The molecule has 1 aliphatic carbocycles. The first-order valence-corrected chi connectivity index (χ1v) is 6.24. The van der Waals surface area contributed by atoms with Gasteiger partial charge in [0.2, 0.25) is 0 Å². The van der Waals surface area contributed by atoms with Crippen molar-refractivity contribution in [3.05, 3.63) is 36.7 Å². The van der Waals surface area contributed by atoms with Gasteiger partial charge in [0.25, 0.3) is 0 Å². The van der Waals surface area contributed by atoms with E-state index in [0.717, 1.165) is 0 Å². The fraction of sp³-hybridized carbons (Fsp3) is 0.571. The van der Waals surface area contributed by atoms with Crippen molar-refractivity contribution in [3.63, 3.8) is 0 Å². The molecule has 1 aliphatic heterocycles. The summed E-state index contributed by atoms with van der Waals surface area (Å²) in [7, 11) is 0. The molecule has 0 saturated heterocycles. The van der Waals surface area contributed by atoms with Gasteiger partial charge in [-0.3, -0.25) is 0 Å². The Morgan fingerprint density at radius 3 is 1.13 bits per heavy atom. The Kier molecular flexibility index (Phi) is 7.71. The molecular formula is C14H23N. The second-order valence-corrected chi connectivity index (χ2v) is 4.10. The Morgan fingerprint density at radius 2 is 0.800 bits per heavy atom. The number of rotatable bonds is 0. The van der Waals surface area contributed by atoms with Gasteiger partial charge in [0.15, 0.2) is 0 Å². The van der Waals surface area contributed by atoms with Crippen LogP contribution in [0.15, 0.2) is 36.7 Å². The molecule has 1 nitrogen and oxygen atoms in total. The third-order valence-corrected chi connectivity index (χ3v) is 2.72. The number of allylic oxidation sites excluding steroid dienone is 4. The molecule has 15 heavy (non-hydrogen) atoms. The highest BCUT2D eigenvalue weighted by atomic mass is 14.8. The van der Waals surface area contributed by atoms with E-state index in [1.54, 1.807) is 0 Å². The fourth-order valence-electron chi connectivity index (χ4n) is 1.82. The molecule has 0 aromatic rings. The molecule has 1 heteroatoms. The minimum atomic E-state index is 1.50. The van der Waals surface area contributed by atoms with Gasteiger partial charge in [-0.1, -0.05) is 63.5 Å². The van der Waals surface area contributed by atoms with E-state index in [1.807, 2.05) is 36.7 Å². The minimum absolute atomic E-state index is 1.50. The van der Waals surface area contributed by atoms with Gasteiger partial charge in [0.1, 0.15) is 0 Å². The summed E-state index contributed by atoms with van der Waals surface area (Å²) in [6.07, 6.45) is 23.6. The Bertz CT molecular complexity index is 175. The molecule has 1 N–H and O–H groups in total. The van der Waals surface area contributed by atoms with Crippen LogP contribution in [0.2, 0.25) is 0 Å². The zero-order valence-corrected chi connectivity index (χ0v) is 9.62. The first kappa shape index (κ1) is 12.1. The fourth-order valence-corrected chi connectivity index (χ4v) is 1.82. The van der Waals surface area contributed by atoms with Crippen LogP contribution in [0, 0.1) is 0 Å². The lowest BCUT2D eigenvalue weighted by atomic mass is 10.0. The predicted molar refractivity (Wildman–Crippen MR) is 67.5 cm³/mol. The Morgan fingerprint density at radius 1 is 0.467 bits per heavy atom. The lowest BCUT2D eigenvalue weighted by Crippen LogP contribution is -1.87. The SMILES string of the molecule is C1=CC=CNC=C1.C1CCCCCCC1. The number of hydrogen-bond donors (Lipinski definition) is 1. The highest BCUT2D eigenvalue weighted by Crippen LogP contribution is 2.15. The average Bonchev–Trinajstić information content (AvgIpc) is 2.48. The van der Waals surface area contributed by atoms with Gasteiger partial charge in [-0.05, 0) is 12.2 Å². The van der Waals surface area contributed by atoms with Crippen molar-refractivity contribution < 1.29 is 0 Å².